The van der Waals surface area contributed by atoms with Crippen LogP contribution in [-0.2, 0) is 0 Å². The minimum atomic E-state index is 0.503. The zero-order valence-corrected chi connectivity index (χ0v) is 17.3. The van der Waals surface area contributed by atoms with Crippen LogP contribution in [0.1, 0.15) is 5.56 Å². The molecule has 3 aromatic rings. The number of hydrogen-bond acceptors (Lipinski definition) is 3. The Balaban J connectivity index is 1.75. The molecule has 3 rings (SSSR count). The molecule has 138 valence electrons. The fraction of sp³-hybridized carbons (Fsp3) is 0.0952. The number of thiocarbonyl (C=S) groups is 1. The number of benzene rings is 3. The summed E-state index contributed by atoms with van der Waals surface area (Å²) in [5, 5.41) is 7.73. The molecule has 0 atom stereocenters. The van der Waals surface area contributed by atoms with Crippen molar-refractivity contribution in [1.82, 2.24) is 0 Å². The second-order valence-electron chi connectivity index (χ2n) is 5.84. The van der Waals surface area contributed by atoms with Crippen LogP contribution < -0.4 is 15.4 Å². The minimum absolute atomic E-state index is 0.503. The highest BCUT2D eigenvalue weighted by molar-refractivity contribution is 7.99. The normalized spacial score (nSPS) is 10.3. The molecule has 0 radical (unpaired) electrons. The largest absolute Gasteiger partial charge is 0.495 e. The molecule has 0 spiro atoms. The summed E-state index contributed by atoms with van der Waals surface area (Å²) in [5.74, 6) is 0.744. The molecule has 3 aromatic carbocycles. The van der Waals surface area contributed by atoms with E-state index in [2.05, 4.69) is 16.7 Å². The first-order valence-corrected chi connectivity index (χ1v) is 9.90. The van der Waals surface area contributed by atoms with Crippen LogP contribution in [0, 0.1) is 6.92 Å². The summed E-state index contributed by atoms with van der Waals surface area (Å²) in [6, 6.07) is 21.7. The SMILES string of the molecule is COc1ccc(C)cc1NC(=S)Nc1ccccc1Sc1ccc(Cl)cc1. The highest BCUT2D eigenvalue weighted by Crippen LogP contribution is 2.34. The van der Waals surface area contributed by atoms with Crippen LogP contribution >= 0.6 is 35.6 Å². The minimum Gasteiger partial charge on any atom is -0.495 e. The standard InChI is InChI=1S/C21H19ClN2OS2/c1-14-7-12-19(25-2)18(13-14)24-21(26)23-17-5-3-4-6-20(17)27-16-10-8-15(22)9-11-16/h3-13H,1-2H3,(H2,23,24,26). The van der Waals surface area contributed by atoms with Gasteiger partial charge < -0.3 is 15.4 Å². The van der Waals surface area contributed by atoms with Gasteiger partial charge in [-0.25, -0.2) is 0 Å². The Kier molecular flexibility index (Phi) is 6.61. The predicted molar refractivity (Wildman–Crippen MR) is 120 cm³/mol. The number of methoxy groups -OCH3 is 1. The molecule has 0 unspecified atom stereocenters. The first-order valence-electron chi connectivity index (χ1n) is 8.30. The molecule has 2 N–H and O–H groups in total. The number of ether oxygens (including phenoxy) is 1. The average molecular weight is 415 g/mol. The molecule has 0 aliphatic rings. The van der Waals surface area contributed by atoms with Crippen molar-refractivity contribution < 1.29 is 4.74 Å². The molecule has 0 aliphatic carbocycles. The zero-order valence-electron chi connectivity index (χ0n) is 15.0. The predicted octanol–water partition coefficient (Wildman–Crippen LogP) is 6.62. The molecule has 6 heteroatoms. The summed E-state index contributed by atoms with van der Waals surface area (Å²) in [4.78, 5) is 2.17. The smallest absolute Gasteiger partial charge is 0.175 e. The summed E-state index contributed by atoms with van der Waals surface area (Å²) in [7, 11) is 1.64. The number of aryl methyl sites for hydroxylation is 1. The van der Waals surface area contributed by atoms with Crippen LogP contribution in [-0.4, -0.2) is 12.2 Å². The van der Waals surface area contributed by atoms with Crippen LogP contribution in [0.3, 0.4) is 0 Å². The summed E-state index contributed by atoms with van der Waals surface area (Å²) < 4.78 is 5.40. The average Bonchev–Trinajstić information content (AvgIpc) is 2.65. The molecule has 3 nitrogen and oxygen atoms in total. The number of anilines is 2. The zero-order chi connectivity index (χ0) is 19.2. The van der Waals surface area contributed by atoms with Gasteiger partial charge in [0.1, 0.15) is 5.75 Å². The molecule has 0 aromatic heterocycles. The topological polar surface area (TPSA) is 33.3 Å². The van der Waals surface area contributed by atoms with Crippen molar-refractivity contribution in [2.45, 2.75) is 16.7 Å². The van der Waals surface area contributed by atoms with Crippen LogP contribution in [0.25, 0.3) is 0 Å². The van der Waals surface area contributed by atoms with Gasteiger partial charge in [-0.05, 0) is 73.2 Å². The lowest BCUT2D eigenvalue weighted by atomic mass is 10.2. The third-order valence-electron chi connectivity index (χ3n) is 3.78. The van der Waals surface area contributed by atoms with Crippen molar-refractivity contribution in [1.29, 1.82) is 0 Å². The van der Waals surface area contributed by atoms with Gasteiger partial charge in [0.25, 0.3) is 0 Å². The van der Waals surface area contributed by atoms with E-state index < -0.39 is 0 Å². The quantitative estimate of drug-likeness (QED) is 0.458. The lowest BCUT2D eigenvalue weighted by Crippen LogP contribution is -2.20. The van der Waals surface area contributed by atoms with Crippen molar-refractivity contribution in [3.05, 3.63) is 77.3 Å². The molecule has 0 saturated carbocycles. The summed E-state index contributed by atoms with van der Waals surface area (Å²) >= 11 is 13.1. The van der Waals surface area contributed by atoms with E-state index in [9.17, 15) is 0 Å². The van der Waals surface area contributed by atoms with Crippen molar-refractivity contribution >= 4 is 52.1 Å². The Bertz CT molecular complexity index is 945. The molecule has 27 heavy (non-hydrogen) atoms. The molecule has 0 amide bonds. The first kappa shape index (κ1) is 19.5. The third kappa shape index (κ3) is 5.39. The number of nitrogens with one attached hydrogen (secondary N) is 2. The second-order valence-corrected chi connectivity index (χ2v) is 7.80. The fourth-order valence-corrected chi connectivity index (χ4v) is 3.73. The lowest BCUT2D eigenvalue weighted by Gasteiger charge is -2.16. The van der Waals surface area contributed by atoms with Crippen LogP contribution in [0.15, 0.2) is 76.5 Å². The number of halogens is 1. The van der Waals surface area contributed by atoms with Gasteiger partial charge in [0.2, 0.25) is 0 Å². The molecule has 0 aliphatic heterocycles. The summed E-state index contributed by atoms with van der Waals surface area (Å²) in [6.07, 6.45) is 0. The van der Waals surface area contributed by atoms with E-state index in [4.69, 9.17) is 28.6 Å². The van der Waals surface area contributed by atoms with E-state index in [-0.39, 0.29) is 0 Å². The molecular weight excluding hydrogens is 396 g/mol. The van der Waals surface area contributed by atoms with E-state index in [1.165, 1.54) is 0 Å². The second kappa shape index (κ2) is 9.13. The van der Waals surface area contributed by atoms with Gasteiger partial charge in [-0.2, -0.15) is 0 Å². The van der Waals surface area contributed by atoms with Gasteiger partial charge in [0.15, 0.2) is 5.11 Å². The molecular formula is C21H19ClN2OS2. The Morgan fingerprint density at radius 1 is 0.963 bits per heavy atom. The van der Waals surface area contributed by atoms with Crippen LogP contribution in [0.2, 0.25) is 5.02 Å². The van der Waals surface area contributed by atoms with Crippen LogP contribution in [0.4, 0.5) is 11.4 Å². The van der Waals surface area contributed by atoms with Gasteiger partial charge in [0, 0.05) is 14.8 Å². The van der Waals surface area contributed by atoms with E-state index in [0.717, 1.165) is 37.5 Å². The molecule has 0 fully saturated rings. The van der Waals surface area contributed by atoms with E-state index >= 15 is 0 Å². The number of hydrogen-bond donors (Lipinski definition) is 2. The van der Waals surface area contributed by atoms with E-state index in [0.29, 0.717) is 5.11 Å². The Morgan fingerprint density at radius 2 is 1.67 bits per heavy atom. The highest BCUT2D eigenvalue weighted by Gasteiger charge is 2.09. The highest BCUT2D eigenvalue weighted by atomic mass is 35.5. The Hall–Kier alpha value is -2.21. The molecule has 0 saturated heterocycles. The Labute approximate surface area is 174 Å². The van der Waals surface area contributed by atoms with Crippen molar-refractivity contribution in [2.24, 2.45) is 0 Å². The van der Waals surface area contributed by atoms with E-state index in [1.807, 2.05) is 67.6 Å². The van der Waals surface area contributed by atoms with E-state index in [1.54, 1.807) is 18.9 Å². The van der Waals surface area contributed by atoms with Crippen molar-refractivity contribution in [2.75, 3.05) is 17.7 Å². The monoisotopic (exact) mass is 414 g/mol. The first-order chi connectivity index (χ1) is 13.0. The van der Waals surface area contributed by atoms with Gasteiger partial charge in [-0.3, -0.25) is 0 Å². The number of rotatable bonds is 5. The van der Waals surface area contributed by atoms with Gasteiger partial charge in [-0.15, -0.1) is 0 Å². The van der Waals surface area contributed by atoms with Gasteiger partial charge in [-0.1, -0.05) is 41.6 Å². The molecule has 0 heterocycles. The van der Waals surface area contributed by atoms with Gasteiger partial charge in [0.05, 0.1) is 18.5 Å². The summed E-state index contributed by atoms with van der Waals surface area (Å²) in [6.45, 7) is 2.03. The van der Waals surface area contributed by atoms with Gasteiger partial charge >= 0.3 is 0 Å². The third-order valence-corrected chi connectivity index (χ3v) is 5.32. The maximum Gasteiger partial charge on any atom is 0.175 e. The summed E-state index contributed by atoms with van der Waals surface area (Å²) in [5.41, 5.74) is 2.89. The maximum atomic E-state index is 5.97. The Morgan fingerprint density at radius 3 is 2.41 bits per heavy atom. The lowest BCUT2D eigenvalue weighted by molar-refractivity contribution is 0.417. The molecule has 0 bridgehead atoms. The maximum absolute atomic E-state index is 5.97. The van der Waals surface area contributed by atoms with Crippen LogP contribution in [0.5, 0.6) is 5.75 Å². The van der Waals surface area contributed by atoms with Crippen molar-refractivity contribution in [3.63, 3.8) is 0 Å². The number of para-hydroxylation sites is 1. The fourth-order valence-electron chi connectivity index (χ4n) is 2.48. The van der Waals surface area contributed by atoms with Crippen molar-refractivity contribution in [3.8, 4) is 5.75 Å².